The van der Waals surface area contributed by atoms with Crippen LogP contribution in [0.4, 0.5) is 11.4 Å². The van der Waals surface area contributed by atoms with Crippen LogP contribution in [0.2, 0.25) is 0 Å². The van der Waals surface area contributed by atoms with Crippen molar-refractivity contribution < 1.29 is 14.5 Å². The lowest BCUT2D eigenvalue weighted by molar-refractivity contribution is -0.384. The molecule has 2 saturated heterocycles. The lowest BCUT2D eigenvalue weighted by Gasteiger charge is -2.36. The van der Waals surface area contributed by atoms with Gasteiger partial charge in [-0.05, 0) is 43.1 Å². The quantitative estimate of drug-likeness (QED) is 0.364. The molecule has 3 aliphatic heterocycles. The van der Waals surface area contributed by atoms with Crippen molar-refractivity contribution in [2.24, 2.45) is 5.92 Å². The van der Waals surface area contributed by atoms with Crippen molar-refractivity contribution in [3.63, 3.8) is 0 Å². The van der Waals surface area contributed by atoms with Crippen LogP contribution in [-0.4, -0.2) is 39.1 Å². The number of para-hydroxylation sites is 1. The molecule has 3 aromatic rings. The van der Waals surface area contributed by atoms with Crippen molar-refractivity contribution in [1.29, 1.82) is 0 Å². The lowest BCUT2D eigenvalue weighted by Crippen LogP contribution is -2.52. The van der Waals surface area contributed by atoms with Gasteiger partial charge in [-0.15, -0.1) is 0 Å². The largest absolute Gasteiger partial charge is 0.324 e. The number of nitro benzene ring substituents is 1. The number of anilines is 1. The molecular formula is C26H22N4O4. The molecule has 0 bridgehead atoms. The van der Waals surface area contributed by atoms with Crippen molar-refractivity contribution in [2.45, 2.75) is 30.3 Å². The van der Waals surface area contributed by atoms with Crippen LogP contribution in [0.25, 0.3) is 0 Å². The molecule has 1 amide bonds. The number of nitrogens with zero attached hydrogens (tertiary/aromatic N) is 3. The van der Waals surface area contributed by atoms with Crippen LogP contribution in [0, 0.1) is 16.0 Å². The molecule has 0 aliphatic carbocycles. The van der Waals surface area contributed by atoms with E-state index in [-0.39, 0.29) is 29.3 Å². The van der Waals surface area contributed by atoms with Gasteiger partial charge in [-0.25, -0.2) is 0 Å². The third-order valence-corrected chi connectivity index (χ3v) is 7.62. The molecule has 0 radical (unpaired) electrons. The smallest absolute Gasteiger partial charge is 0.269 e. The molecular weight excluding hydrogens is 432 g/mol. The summed E-state index contributed by atoms with van der Waals surface area (Å²) >= 11 is 0. The Morgan fingerprint density at radius 3 is 2.71 bits per heavy atom. The van der Waals surface area contributed by atoms with Crippen LogP contribution in [0.15, 0.2) is 73.1 Å². The molecule has 1 aromatic heterocycles. The van der Waals surface area contributed by atoms with Crippen molar-refractivity contribution in [2.75, 3.05) is 11.9 Å². The minimum Gasteiger partial charge on any atom is -0.324 e. The zero-order valence-corrected chi connectivity index (χ0v) is 18.3. The zero-order valence-electron chi connectivity index (χ0n) is 18.3. The van der Waals surface area contributed by atoms with E-state index in [0.717, 1.165) is 18.4 Å². The molecule has 0 unspecified atom stereocenters. The summed E-state index contributed by atoms with van der Waals surface area (Å²) in [4.78, 5) is 45.5. The van der Waals surface area contributed by atoms with E-state index >= 15 is 0 Å². The van der Waals surface area contributed by atoms with E-state index in [2.05, 4.69) is 15.2 Å². The summed E-state index contributed by atoms with van der Waals surface area (Å²) in [6.07, 6.45) is 4.84. The highest BCUT2D eigenvalue weighted by Crippen LogP contribution is 2.61. The van der Waals surface area contributed by atoms with Gasteiger partial charge in [0.2, 0.25) is 5.91 Å². The number of ketones is 1. The molecule has 6 rings (SSSR count). The maximum atomic E-state index is 14.2. The number of fused-ring (bicyclic) bond motifs is 4. The fraction of sp³-hybridized carbons (Fsp3) is 0.269. The van der Waals surface area contributed by atoms with Gasteiger partial charge in [0.1, 0.15) is 5.54 Å². The van der Waals surface area contributed by atoms with E-state index in [9.17, 15) is 19.7 Å². The van der Waals surface area contributed by atoms with Crippen LogP contribution in [0.5, 0.6) is 0 Å². The molecule has 4 atom stereocenters. The Balaban J connectivity index is 1.62. The average Bonchev–Trinajstić information content (AvgIpc) is 3.52. The van der Waals surface area contributed by atoms with Crippen molar-refractivity contribution in [1.82, 2.24) is 9.88 Å². The van der Waals surface area contributed by atoms with E-state index in [4.69, 9.17) is 0 Å². The maximum absolute atomic E-state index is 14.2. The van der Waals surface area contributed by atoms with Crippen molar-refractivity contribution >= 4 is 23.1 Å². The van der Waals surface area contributed by atoms with E-state index in [1.54, 1.807) is 36.7 Å². The number of carbonyl (C=O) groups is 2. The van der Waals surface area contributed by atoms with Gasteiger partial charge in [0.25, 0.3) is 5.69 Å². The second-order valence-corrected chi connectivity index (χ2v) is 9.12. The molecule has 0 saturated carbocycles. The van der Waals surface area contributed by atoms with Crippen LogP contribution in [0.1, 0.15) is 40.2 Å². The fourth-order valence-electron chi connectivity index (χ4n) is 6.43. The second-order valence-electron chi connectivity index (χ2n) is 9.12. The highest BCUT2D eigenvalue weighted by atomic mass is 16.6. The average molecular weight is 454 g/mol. The van der Waals surface area contributed by atoms with Gasteiger partial charge < -0.3 is 5.32 Å². The van der Waals surface area contributed by atoms with Gasteiger partial charge in [-0.1, -0.05) is 30.3 Å². The van der Waals surface area contributed by atoms with Crippen LogP contribution < -0.4 is 5.32 Å². The standard InChI is InChI=1S/C26H22N4O4/c31-24(16-10-12-27-13-11-16)23-22(17-5-3-6-18(15-17)30(33)34)21-9-4-14-29(21)26(23)19-7-1-2-8-20(19)28-25(26)32/h1-3,5-8,10-13,15,21-23H,4,9,14H2,(H,28,32)/t21-,22-,23-,26+/m1/s1. The van der Waals surface area contributed by atoms with Gasteiger partial charge >= 0.3 is 0 Å². The summed E-state index contributed by atoms with van der Waals surface area (Å²) in [5, 5.41) is 14.6. The number of Topliss-reactive ketones (excluding diaryl/α,β-unsaturated/α-hetero) is 1. The first kappa shape index (κ1) is 20.7. The summed E-state index contributed by atoms with van der Waals surface area (Å²) in [5.74, 6) is -1.48. The molecule has 2 fully saturated rings. The van der Waals surface area contributed by atoms with Crippen LogP contribution in [-0.2, 0) is 10.3 Å². The summed E-state index contributed by atoms with van der Waals surface area (Å²) in [6.45, 7) is 0.679. The van der Waals surface area contributed by atoms with Crippen molar-refractivity contribution in [3.05, 3.63) is 99.9 Å². The first-order valence-electron chi connectivity index (χ1n) is 11.4. The summed E-state index contributed by atoms with van der Waals surface area (Å²) in [7, 11) is 0. The van der Waals surface area contributed by atoms with Crippen molar-refractivity contribution in [3.8, 4) is 0 Å². The van der Waals surface area contributed by atoms with E-state index < -0.39 is 16.4 Å². The normalized spacial score (nSPS) is 27.4. The number of amides is 1. The Bertz CT molecular complexity index is 1330. The number of nitrogens with one attached hydrogen (secondary N) is 1. The molecule has 1 spiro atoms. The molecule has 3 aliphatic rings. The number of rotatable bonds is 4. The maximum Gasteiger partial charge on any atom is 0.269 e. The predicted octanol–water partition coefficient (Wildman–Crippen LogP) is 3.90. The number of carbonyl (C=O) groups excluding carboxylic acids is 2. The predicted molar refractivity (Wildman–Crippen MR) is 124 cm³/mol. The fourth-order valence-corrected chi connectivity index (χ4v) is 6.43. The van der Waals surface area contributed by atoms with Crippen LogP contribution in [0.3, 0.4) is 0 Å². The highest BCUT2D eigenvalue weighted by molar-refractivity contribution is 6.12. The molecule has 8 heteroatoms. The SMILES string of the molecule is O=C(c1ccncc1)[C@H]1[C@H](c2cccc([N+](=O)[O-])c2)[C@H]2CCCN2[C@]12C(=O)Nc1ccccc12. The molecule has 2 aromatic carbocycles. The Morgan fingerprint density at radius 2 is 1.91 bits per heavy atom. The summed E-state index contributed by atoms with van der Waals surface area (Å²) < 4.78 is 0. The highest BCUT2D eigenvalue weighted by Gasteiger charge is 2.69. The number of nitro groups is 1. The summed E-state index contributed by atoms with van der Waals surface area (Å²) in [5.41, 5.74) is 1.51. The van der Waals surface area contributed by atoms with Crippen LogP contribution >= 0.6 is 0 Å². The van der Waals surface area contributed by atoms with Gasteiger partial charge in [0.15, 0.2) is 5.78 Å². The van der Waals surface area contributed by atoms with E-state index in [1.807, 2.05) is 30.3 Å². The molecule has 4 heterocycles. The third kappa shape index (κ3) is 2.72. The number of non-ortho nitro benzene ring substituents is 1. The molecule has 1 N–H and O–H groups in total. The second kappa shape index (κ2) is 7.56. The first-order chi connectivity index (χ1) is 16.5. The molecule has 170 valence electrons. The monoisotopic (exact) mass is 454 g/mol. The van der Waals surface area contributed by atoms with Gasteiger partial charge in [-0.2, -0.15) is 0 Å². The summed E-state index contributed by atoms with van der Waals surface area (Å²) in [6, 6.07) is 17.3. The Morgan fingerprint density at radius 1 is 1.12 bits per heavy atom. The van der Waals surface area contributed by atoms with Gasteiger partial charge in [-0.3, -0.25) is 29.6 Å². The van der Waals surface area contributed by atoms with E-state index in [0.29, 0.717) is 23.4 Å². The van der Waals surface area contributed by atoms with Gasteiger partial charge in [0, 0.05) is 53.3 Å². The minimum atomic E-state index is -1.17. The topological polar surface area (TPSA) is 105 Å². The molecule has 34 heavy (non-hydrogen) atoms. The number of aromatic nitrogens is 1. The number of hydrogen-bond acceptors (Lipinski definition) is 6. The van der Waals surface area contributed by atoms with E-state index in [1.165, 1.54) is 6.07 Å². The Labute approximate surface area is 195 Å². The number of hydrogen-bond donors (Lipinski definition) is 1. The lowest BCUT2D eigenvalue weighted by atomic mass is 9.69. The third-order valence-electron chi connectivity index (χ3n) is 7.62. The van der Waals surface area contributed by atoms with Gasteiger partial charge in [0.05, 0.1) is 10.8 Å². The Hall–Kier alpha value is -3.91. The number of pyridine rings is 1. The first-order valence-corrected chi connectivity index (χ1v) is 11.4. The minimum absolute atomic E-state index is 0.0191. The zero-order chi connectivity index (χ0) is 23.4. The number of benzene rings is 2. The Kier molecular flexibility index (Phi) is 4.60. The molecule has 8 nitrogen and oxygen atoms in total.